The third-order valence-corrected chi connectivity index (χ3v) is 5.08. The van der Waals surface area contributed by atoms with Crippen molar-refractivity contribution in [2.45, 2.75) is 19.5 Å². The smallest absolute Gasteiger partial charge is 0.354 e. The first kappa shape index (κ1) is 24.7. The van der Waals surface area contributed by atoms with E-state index in [2.05, 4.69) is 21.0 Å². The van der Waals surface area contributed by atoms with Crippen LogP contribution in [0.15, 0.2) is 36.5 Å². The normalized spacial score (nSPS) is 18.7. The largest absolute Gasteiger partial charge is 0.435 e. The Hall–Kier alpha value is -2.59. The lowest BCUT2D eigenvalue weighted by atomic mass is 9.87. The van der Waals surface area contributed by atoms with Crippen LogP contribution in [0.5, 0.6) is 0 Å². The van der Waals surface area contributed by atoms with Gasteiger partial charge in [-0.25, -0.2) is 4.68 Å². The van der Waals surface area contributed by atoms with Gasteiger partial charge in [-0.1, -0.05) is 25.1 Å². The number of benzene rings is 1. The molecule has 1 fully saturated rings. The molecule has 1 aliphatic heterocycles. The van der Waals surface area contributed by atoms with Gasteiger partial charge in [0.05, 0.1) is 11.3 Å². The van der Waals surface area contributed by atoms with Gasteiger partial charge < -0.3 is 16.0 Å². The zero-order valence-electron chi connectivity index (χ0n) is 16.9. The highest BCUT2D eigenvalue weighted by Gasteiger charge is 2.39. The van der Waals surface area contributed by atoms with Crippen LogP contribution in [0.2, 0.25) is 0 Å². The molecule has 2 heterocycles. The molecule has 1 saturated heterocycles. The van der Waals surface area contributed by atoms with Crippen molar-refractivity contribution in [3.8, 4) is 5.69 Å². The number of para-hydroxylation sites is 1. The predicted octanol–water partition coefficient (Wildman–Crippen LogP) is 2.40. The zero-order chi connectivity index (χ0) is 21.7. The number of nitrogens with one attached hydrogen (secondary N) is 3. The number of carbonyl (C=O) groups is 2. The summed E-state index contributed by atoms with van der Waals surface area (Å²) < 4.78 is 41.1. The molecule has 170 valence electrons. The number of hydrogen-bond acceptors (Lipinski definition) is 4. The summed E-state index contributed by atoms with van der Waals surface area (Å²) in [7, 11) is 0. The fraction of sp³-hybridized carbons (Fsp3) is 0.450. The van der Waals surface area contributed by atoms with Crippen LogP contribution >= 0.6 is 12.4 Å². The van der Waals surface area contributed by atoms with E-state index in [0.717, 1.165) is 30.4 Å². The van der Waals surface area contributed by atoms with Gasteiger partial charge in [0.25, 0.3) is 5.91 Å². The van der Waals surface area contributed by atoms with E-state index < -0.39 is 23.3 Å². The highest BCUT2D eigenvalue weighted by atomic mass is 35.5. The number of carbonyl (C=O) groups excluding carboxylic acids is 2. The number of amides is 2. The number of hydrogen-bond donors (Lipinski definition) is 3. The van der Waals surface area contributed by atoms with Crippen LogP contribution in [0.1, 0.15) is 29.4 Å². The summed E-state index contributed by atoms with van der Waals surface area (Å²) in [6.45, 7) is 3.67. The standard InChI is InChI=1S/C20H24F3N5O2.ClH/c1-13-11-24-8-7-15(13)18(29)25-9-10-26-19(30)16-12-28(14-5-3-2-4-6-14)27-17(16)20(21,22)23;/h2-6,12-13,15,24H,7-11H2,1H3,(H,25,29)(H,26,30);1H. The van der Waals surface area contributed by atoms with E-state index in [1.807, 2.05) is 6.92 Å². The zero-order valence-corrected chi connectivity index (χ0v) is 17.7. The van der Waals surface area contributed by atoms with Crippen molar-refractivity contribution >= 4 is 24.2 Å². The average Bonchev–Trinajstić information content (AvgIpc) is 3.18. The van der Waals surface area contributed by atoms with Gasteiger partial charge in [0.15, 0.2) is 5.69 Å². The van der Waals surface area contributed by atoms with Crippen molar-refractivity contribution < 1.29 is 22.8 Å². The number of alkyl halides is 3. The second kappa shape index (κ2) is 10.6. The second-order valence-electron chi connectivity index (χ2n) is 7.29. The van der Waals surface area contributed by atoms with E-state index in [1.54, 1.807) is 30.3 Å². The summed E-state index contributed by atoms with van der Waals surface area (Å²) in [5, 5.41) is 11.9. The minimum atomic E-state index is -4.77. The molecule has 2 amide bonds. The Morgan fingerprint density at radius 1 is 1.19 bits per heavy atom. The molecular weight excluding hydrogens is 435 g/mol. The number of aromatic nitrogens is 2. The summed E-state index contributed by atoms with van der Waals surface area (Å²) in [5.41, 5.74) is -1.41. The molecule has 7 nitrogen and oxygen atoms in total. The number of nitrogens with zero attached hydrogens (tertiary/aromatic N) is 2. The maximum absolute atomic E-state index is 13.4. The Morgan fingerprint density at radius 2 is 1.87 bits per heavy atom. The van der Waals surface area contributed by atoms with Crippen LogP contribution in [0.25, 0.3) is 5.69 Å². The molecule has 11 heteroatoms. The Bertz CT molecular complexity index is 889. The van der Waals surface area contributed by atoms with Gasteiger partial charge in [-0.2, -0.15) is 18.3 Å². The van der Waals surface area contributed by atoms with Gasteiger partial charge in [0.2, 0.25) is 5.91 Å². The van der Waals surface area contributed by atoms with Gasteiger partial charge in [-0.3, -0.25) is 9.59 Å². The highest BCUT2D eigenvalue weighted by Crippen LogP contribution is 2.31. The van der Waals surface area contributed by atoms with E-state index in [0.29, 0.717) is 5.69 Å². The lowest BCUT2D eigenvalue weighted by molar-refractivity contribution is -0.141. The molecule has 0 aliphatic carbocycles. The maximum atomic E-state index is 13.4. The Balaban J connectivity index is 0.00000341. The number of piperidine rings is 1. The molecule has 0 radical (unpaired) electrons. The molecule has 0 spiro atoms. The van der Waals surface area contributed by atoms with Gasteiger partial charge in [0.1, 0.15) is 0 Å². The minimum absolute atomic E-state index is 0. The summed E-state index contributed by atoms with van der Waals surface area (Å²) in [5.74, 6) is -0.908. The van der Waals surface area contributed by atoms with Crippen LogP contribution in [0, 0.1) is 11.8 Å². The molecule has 1 aromatic heterocycles. The fourth-order valence-electron chi connectivity index (χ4n) is 3.45. The summed E-state index contributed by atoms with van der Waals surface area (Å²) >= 11 is 0. The molecule has 31 heavy (non-hydrogen) atoms. The maximum Gasteiger partial charge on any atom is 0.435 e. The lowest BCUT2D eigenvalue weighted by Crippen LogP contribution is -2.45. The topological polar surface area (TPSA) is 88.0 Å². The molecule has 0 bridgehead atoms. The molecule has 3 N–H and O–H groups in total. The van der Waals surface area contributed by atoms with Crippen molar-refractivity contribution in [3.05, 3.63) is 47.8 Å². The first-order chi connectivity index (χ1) is 14.3. The summed E-state index contributed by atoms with van der Waals surface area (Å²) in [6.07, 6.45) is -2.98. The summed E-state index contributed by atoms with van der Waals surface area (Å²) in [4.78, 5) is 24.6. The van der Waals surface area contributed by atoms with Crippen molar-refractivity contribution in [1.82, 2.24) is 25.7 Å². The Kier molecular flexibility index (Phi) is 8.46. The molecule has 2 unspecified atom stereocenters. The molecule has 1 aliphatic rings. The van der Waals surface area contributed by atoms with Crippen LogP contribution in [-0.2, 0) is 11.0 Å². The minimum Gasteiger partial charge on any atom is -0.354 e. The van der Waals surface area contributed by atoms with Crippen molar-refractivity contribution in [2.75, 3.05) is 26.2 Å². The van der Waals surface area contributed by atoms with Crippen molar-refractivity contribution in [3.63, 3.8) is 0 Å². The van der Waals surface area contributed by atoms with E-state index in [9.17, 15) is 22.8 Å². The predicted molar refractivity (Wildman–Crippen MR) is 111 cm³/mol. The third kappa shape index (κ3) is 6.20. The van der Waals surface area contributed by atoms with Crippen LogP contribution in [-0.4, -0.2) is 47.8 Å². The van der Waals surface area contributed by atoms with E-state index in [1.165, 1.54) is 0 Å². The van der Waals surface area contributed by atoms with Gasteiger partial charge >= 0.3 is 6.18 Å². The number of halogens is 4. The highest BCUT2D eigenvalue weighted by molar-refractivity contribution is 5.95. The van der Waals surface area contributed by atoms with Gasteiger partial charge in [-0.15, -0.1) is 12.4 Å². The Morgan fingerprint density at radius 3 is 2.52 bits per heavy atom. The molecule has 0 saturated carbocycles. The second-order valence-corrected chi connectivity index (χ2v) is 7.29. The molecule has 3 rings (SSSR count). The van der Waals surface area contributed by atoms with Gasteiger partial charge in [-0.05, 0) is 37.6 Å². The summed E-state index contributed by atoms with van der Waals surface area (Å²) in [6, 6.07) is 8.23. The van der Waals surface area contributed by atoms with E-state index >= 15 is 0 Å². The van der Waals surface area contributed by atoms with E-state index in [4.69, 9.17) is 0 Å². The molecule has 1 aromatic carbocycles. The van der Waals surface area contributed by atoms with Crippen LogP contribution < -0.4 is 16.0 Å². The van der Waals surface area contributed by atoms with Crippen molar-refractivity contribution in [1.29, 1.82) is 0 Å². The number of rotatable bonds is 6. The third-order valence-electron chi connectivity index (χ3n) is 5.08. The molecular formula is C20H25ClF3N5O2. The first-order valence-corrected chi connectivity index (χ1v) is 9.76. The quantitative estimate of drug-likeness (QED) is 0.579. The monoisotopic (exact) mass is 459 g/mol. The molecule has 2 aromatic rings. The first-order valence-electron chi connectivity index (χ1n) is 9.76. The average molecular weight is 460 g/mol. The van der Waals surface area contributed by atoms with E-state index in [-0.39, 0.29) is 43.2 Å². The SMILES string of the molecule is CC1CNCCC1C(=O)NCCNC(=O)c1cn(-c2ccccc2)nc1C(F)(F)F.Cl. The molecule has 2 atom stereocenters. The Labute approximate surface area is 184 Å². The lowest BCUT2D eigenvalue weighted by Gasteiger charge is -2.28. The van der Waals surface area contributed by atoms with Gasteiger partial charge in [0, 0.05) is 25.2 Å². The van der Waals surface area contributed by atoms with Crippen LogP contribution in [0.4, 0.5) is 13.2 Å². The van der Waals surface area contributed by atoms with Crippen LogP contribution in [0.3, 0.4) is 0 Å². The van der Waals surface area contributed by atoms with Crippen molar-refractivity contribution in [2.24, 2.45) is 11.8 Å². The fourth-order valence-corrected chi connectivity index (χ4v) is 3.45.